The molecule has 1 rings (SSSR count). The van der Waals surface area contributed by atoms with Crippen molar-refractivity contribution in [2.75, 3.05) is 7.11 Å². The van der Waals surface area contributed by atoms with E-state index in [4.69, 9.17) is 9.47 Å². The molecule has 12 heavy (non-hydrogen) atoms. The van der Waals surface area contributed by atoms with E-state index in [1.54, 1.807) is 7.11 Å². The highest BCUT2D eigenvalue weighted by atomic mass is 16.7. The molecule has 0 bridgehead atoms. The second-order valence-corrected chi connectivity index (χ2v) is 3.69. The van der Waals surface area contributed by atoms with E-state index < -0.39 is 0 Å². The van der Waals surface area contributed by atoms with Crippen molar-refractivity contribution in [3.63, 3.8) is 0 Å². The molecule has 0 N–H and O–H groups in total. The molecule has 3 nitrogen and oxygen atoms in total. The molecular formula is C9H16O3. The Balaban J connectivity index is 2.46. The lowest BCUT2D eigenvalue weighted by Gasteiger charge is -2.16. The fourth-order valence-electron chi connectivity index (χ4n) is 1.62. The van der Waals surface area contributed by atoms with Crippen LogP contribution >= 0.6 is 0 Å². The summed E-state index contributed by atoms with van der Waals surface area (Å²) in [6, 6.07) is 0. The third-order valence-electron chi connectivity index (χ3n) is 2.07. The van der Waals surface area contributed by atoms with E-state index in [1.807, 2.05) is 0 Å². The Labute approximate surface area is 73.0 Å². The van der Waals surface area contributed by atoms with Gasteiger partial charge in [-0.05, 0) is 12.3 Å². The molecule has 1 heterocycles. The van der Waals surface area contributed by atoms with Crippen molar-refractivity contribution in [2.24, 2.45) is 11.8 Å². The molecule has 0 aromatic carbocycles. The van der Waals surface area contributed by atoms with Crippen LogP contribution in [0, 0.1) is 11.8 Å². The van der Waals surface area contributed by atoms with Crippen LogP contribution in [-0.2, 0) is 14.3 Å². The van der Waals surface area contributed by atoms with Crippen LogP contribution in [0.5, 0.6) is 0 Å². The largest absolute Gasteiger partial charge is 0.435 e. The van der Waals surface area contributed by atoms with Gasteiger partial charge in [-0.25, -0.2) is 0 Å². The monoisotopic (exact) mass is 172 g/mol. The van der Waals surface area contributed by atoms with Crippen molar-refractivity contribution < 1.29 is 14.3 Å². The van der Waals surface area contributed by atoms with E-state index in [2.05, 4.69) is 13.8 Å². The lowest BCUT2D eigenvalue weighted by Crippen LogP contribution is -2.19. The highest BCUT2D eigenvalue weighted by Gasteiger charge is 2.34. The molecule has 1 unspecified atom stereocenters. The average molecular weight is 172 g/mol. The Morgan fingerprint density at radius 3 is 2.83 bits per heavy atom. The van der Waals surface area contributed by atoms with Crippen LogP contribution in [0.2, 0.25) is 0 Å². The van der Waals surface area contributed by atoms with Crippen LogP contribution in [0.4, 0.5) is 0 Å². The molecule has 3 heteroatoms. The molecule has 0 radical (unpaired) electrons. The van der Waals surface area contributed by atoms with Gasteiger partial charge in [0, 0.05) is 13.0 Å². The summed E-state index contributed by atoms with van der Waals surface area (Å²) in [7, 11) is 1.58. The van der Waals surface area contributed by atoms with Crippen molar-refractivity contribution in [3.05, 3.63) is 0 Å². The van der Waals surface area contributed by atoms with Gasteiger partial charge in [0.25, 0.3) is 0 Å². The van der Waals surface area contributed by atoms with Gasteiger partial charge in [-0.15, -0.1) is 0 Å². The topological polar surface area (TPSA) is 35.5 Å². The molecule has 1 aliphatic rings. The quantitative estimate of drug-likeness (QED) is 0.606. The molecule has 1 aliphatic heterocycles. The van der Waals surface area contributed by atoms with Crippen LogP contribution in [0.15, 0.2) is 0 Å². The SMILES string of the molecule is COC1OC(=O)C[C@@H]1CC(C)C. The number of carbonyl (C=O) groups excluding carboxylic acids is 1. The molecule has 0 aromatic heterocycles. The van der Waals surface area contributed by atoms with Gasteiger partial charge in [0.15, 0.2) is 0 Å². The zero-order chi connectivity index (χ0) is 9.14. The maximum Gasteiger partial charge on any atom is 0.308 e. The summed E-state index contributed by atoms with van der Waals surface area (Å²) >= 11 is 0. The molecular weight excluding hydrogens is 156 g/mol. The molecule has 0 amide bonds. The molecule has 0 aromatic rings. The number of hydrogen-bond donors (Lipinski definition) is 0. The van der Waals surface area contributed by atoms with E-state index in [-0.39, 0.29) is 18.2 Å². The zero-order valence-corrected chi connectivity index (χ0v) is 7.87. The highest BCUT2D eigenvalue weighted by Crippen LogP contribution is 2.28. The molecule has 70 valence electrons. The lowest BCUT2D eigenvalue weighted by molar-refractivity contribution is -0.161. The normalized spacial score (nSPS) is 29.5. The third kappa shape index (κ3) is 2.21. The van der Waals surface area contributed by atoms with Gasteiger partial charge in [0.2, 0.25) is 6.29 Å². The summed E-state index contributed by atoms with van der Waals surface area (Å²) in [6.07, 6.45) is 1.20. The third-order valence-corrected chi connectivity index (χ3v) is 2.07. The number of hydrogen-bond acceptors (Lipinski definition) is 3. The van der Waals surface area contributed by atoms with Gasteiger partial charge in [0.05, 0.1) is 6.42 Å². The predicted molar refractivity (Wildman–Crippen MR) is 44.5 cm³/mol. The summed E-state index contributed by atoms with van der Waals surface area (Å²) in [5.74, 6) is 0.706. The van der Waals surface area contributed by atoms with Crippen LogP contribution < -0.4 is 0 Å². The van der Waals surface area contributed by atoms with Gasteiger partial charge in [-0.2, -0.15) is 0 Å². The summed E-state index contributed by atoms with van der Waals surface area (Å²) < 4.78 is 10.0. The number of carbonyl (C=O) groups is 1. The fourth-order valence-corrected chi connectivity index (χ4v) is 1.62. The van der Waals surface area contributed by atoms with Gasteiger partial charge in [-0.3, -0.25) is 4.79 Å². The summed E-state index contributed by atoms with van der Waals surface area (Å²) in [5, 5.41) is 0. The summed E-state index contributed by atoms with van der Waals surface area (Å²) in [5.41, 5.74) is 0. The second kappa shape index (κ2) is 3.90. The zero-order valence-electron chi connectivity index (χ0n) is 7.87. The Morgan fingerprint density at radius 2 is 2.33 bits per heavy atom. The minimum absolute atomic E-state index is 0.132. The molecule has 2 atom stereocenters. The van der Waals surface area contributed by atoms with Gasteiger partial charge in [0.1, 0.15) is 0 Å². The van der Waals surface area contributed by atoms with Gasteiger partial charge >= 0.3 is 5.97 Å². The Morgan fingerprint density at radius 1 is 1.67 bits per heavy atom. The van der Waals surface area contributed by atoms with Crippen LogP contribution in [-0.4, -0.2) is 19.4 Å². The van der Waals surface area contributed by atoms with Crippen molar-refractivity contribution >= 4 is 5.97 Å². The Hall–Kier alpha value is -0.570. The van der Waals surface area contributed by atoms with E-state index in [0.717, 1.165) is 6.42 Å². The first-order chi connectivity index (χ1) is 5.63. The predicted octanol–water partition coefficient (Wildman–Crippen LogP) is 1.57. The number of methoxy groups -OCH3 is 1. The Kier molecular flexibility index (Phi) is 3.09. The van der Waals surface area contributed by atoms with E-state index in [0.29, 0.717) is 12.3 Å². The minimum atomic E-state index is -0.306. The Bertz CT molecular complexity index is 165. The van der Waals surface area contributed by atoms with Gasteiger partial charge in [-0.1, -0.05) is 13.8 Å². The van der Waals surface area contributed by atoms with E-state index in [9.17, 15) is 4.79 Å². The van der Waals surface area contributed by atoms with Crippen molar-refractivity contribution in [3.8, 4) is 0 Å². The van der Waals surface area contributed by atoms with Crippen LogP contribution in [0.25, 0.3) is 0 Å². The van der Waals surface area contributed by atoms with Crippen LogP contribution in [0.3, 0.4) is 0 Å². The first-order valence-corrected chi connectivity index (χ1v) is 4.35. The van der Waals surface area contributed by atoms with Crippen molar-refractivity contribution in [1.82, 2.24) is 0 Å². The van der Waals surface area contributed by atoms with Crippen LogP contribution in [0.1, 0.15) is 26.7 Å². The highest BCUT2D eigenvalue weighted by molar-refractivity contribution is 5.71. The molecule has 0 aliphatic carbocycles. The van der Waals surface area contributed by atoms with Crippen molar-refractivity contribution in [1.29, 1.82) is 0 Å². The number of rotatable bonds is 3. The van der Waals surface area contributed by atoms with Crippen molar-refractivity contribution in [2.45, 2.75) is 33.0 Å². The summed E-state index contributed by atoms with van der Waals surface area (Å²) in [6.45, 7) is 4.27. The standard InChI is InChI=1S/C9H16O3/c1-6(2)4-7-5-8(10)12-9(7)11-3/h6-7,9H,4-5H2,1-3H3/t7-,9?/m0/s1. The fraction of sp³-hybridized carbons (Fsp3) is 0.889. The molecule has 1 fully saturated rings. The van der Waals surface area contributed by atoms with Gasteiger partial charge < -0.3 is 9.47 Å². The molecule has 0 spiro atoms. The maximum absolute atomic E-state index is 10.9. The maximum atomic E-state index is 10.9. The molecule has 1 saturated heterocycles. The number of ether oxygens (including phenoxy) is 2. The lowest BCUT2D eigenvalue weighted by atomic mass is 9.95. The van der Waals surface area contributed by atoms with E-state index in [1.165, 1.54) is 0 Å². The van der Waals surface area contributed by atoms with E-state index >= 15 is 0 Å². The second-order valence-electron chi connectivity index (χ2n) is 3.69. The average Bonchev–Trinajstić information content (AvgIpc) is 2.29. The first kappa shape index (κ1) is 9.52. The molecule has 0 saturated carbocycles. The smallest absolute Gasteiger partial charge is 0.308 e. The first-order valence-electron chi connectivity index (χ1n) is 4.35. The number of cyclic esters (lactones) is 1. The number of esters is 1. The summed E-state index contributed by atoms with van der Waals surface area (Å²) in [4.78, 5) is 10.9. The minimum Gasteiger partial charge on any atom is -0.435 e.